The minimum absolute atomic E-state index is 0.0113. The van der Waals surface area contributed by atoms with Crippen molar-refractivity contribution in [3.05, 3.63) is 12.2 Å². The second-order valence-electron chi connectivity index (χ2n) is 2.88. The van der Waals surface area contributed by atoms with Gasteiger partial charge in [-0.25, -0.2) is 4.79 Å². The number of carbonyl (C=O) groups is 1. The lowest BCUT2D eigenvalue weighted by Crippen LogP contribution is -2.13. The maximum atomic E-state index is 11.2. The molecule has 0 rings (SSSR count). The lowest BCUT2D eigenvalue weighted by molar-refractivity contribution is -0.139. The Bertz CT molecular complexity index is 209. The molecular weight excluding hydrogens is 246 g/mol. The summed E-state index contributed by atoms with van der Waals surface area (Å²) in [6.45, 7) is 5.88. The van der Waals surface area contributed by atoms with Crippen LogP contribution in [0.1, 0.15) is 26.2 Å². The highest BCUT2D eigenvalue weighted by Crippen LogP contribution is 2.32. The summed E-state index contributed by atoms with van der Waals surface area (Å²) in [6.07, 6.45) is 1.78. The number of alkyl halides is 3. The Balaban J connectivity index is 3.83. The van der Waals surface area contributed by atoms with Gasteiger partial charge in [0.15, 0.2) is 3.79 Å². The minimum atomic E-state index is -1.49. The molecule has 0 unspecified atom stereocenters. The zero-order valence-corrected chi connectivity index (χ0v) is 10.3. The van der Waals surface area contributed by atoms with Crippen molar-refractivity contribution in [1.82, 2.24) is 0 Å². The molecular formula is C9H13Cl3O2. The van der Waals surface area contributed by atoms with Gasteiger partial charge in [0.25, 0.3) is 0 Å². The van der Waals surface area contributed by atoms with Gasteiger partial charge in [-0.2, -0.15) is 0 Å². The summed E-state index contributed by atoms with van der Waals surface area (Å²) < 4.78 is 3.39. The number of hydrogen-bond donors (Lipinski definition) is 0. The molecule has 14 heavy (non-hydrogen) atoms. The van der Waals surface area contributed by atoms with Crippen molar-refractivity contribution in [2.24, 2.45) is 0 Å². The Kier molecular flexibility index (Phi) is 6.58. The van der Waals surface area contributed by atoms with Crippen molar-refractivity contribution in [3.8, 4) is 0 Å². The van der Waals surface area contributed by atoms with Crippen LogP contribution < -0.4 is 0 Å². The van der Waals surface area contributed by atoms with E-state index in [-0.39, 0.29) is 12.0 Å². The topological polar surface area (TPSA) is 26.3 Å². The van der Waals surface area contributed by atoms with E-state index in [1.165, 1.54) is 0 Å². The van der Waals surface area contributed by atoms with E-state index in [1.54, 1.807) is 0 Å². The molecule has 0 bridgehead atoms. The minimum Gasteiger partial charge on any atom is -0.462 e. The molecule has 0 aliphatic heterocycles. The average molecular weight is 260 g/mol. The maximum absolute atomic E-state index is 11.2. The van der Waals surface area contributed by atoms with E-state index in [0.717, 1.165) is 12.8 Å². The Morgan fingerprint density at radius 3 is 2.43 bits per heavy atom. The third-order valence-electron chi connectivity index (χ3n) is 1.43. The summed E-state index contributed by atoms with van der Waals surface area (Å²) in [4.78, 5) is 11.2. The normalized spacial score (nSPS) is 11.1. The van der Waals surface area contributed by atoms with Gasteiger partial charge in [0, 0.05) is 12.0 Å². The first kappa shape index (κ1) is 14.1. The summed E-state index contributed by atoms with van der Waals surface area (Å²) in [5, 5.41) is 0. The first-order valence-electron chi connectivity index (χ1n) is 4.28. The number of hydrogen-bond acceptors (Lipinski definition) is 2. The molecule has 0 amide bonds. The first-order chi connectivity index (χ1) is 6.37. The van der Waals surface area contributed by atoms with Crippen LogP contribution in [0.3, 0.4) is 0 Å². The second kappa shape index (κ2) is 6.54. The van der Waals surface area contributed by atoms with Crippen molar-refractivity contribution in [2.75, 3.05) is 6.61 Å². The first-order valence-corrected chi connectivity index (χ1v) is 5.42. The van der Waals surface area contributed by atoms with E-state index in [0.29, 0.717) is 6.61 Å². The van der Waals surface area contributed by atoms with Gasteiger partial charge in [-0.05, 0) is 6.42 Å². The van der Waals surface area contributed by atoms with Crippen LogP contribution >= 0.6 is 34.8 Å². The van der Waals surface area contributed by atoms with Crippen molar-refractivity contribution < 1.29 is 9.53 Å². The molecule has 5 heteroatoms. The molecule has 0 atom stereocenters. The third kappa shape index (κ3) is 7.48. The van der Waals surface area contributed by atoms with Crippen LogP contribution in [0.4, 0.5) is 0 Å². The zero-order chi connectivity index (χ0) is 11.2. The molecule has 0 aliphatic carbocycles. The van der Waals surface area contributed by atoms with Crippen LogP contribution in [-0.4, -0.2) is 16.4 Å². The zero-order valence-electron chi connectivity index (χ0n) is 7.99. The predicted molar refractivity (Wildman–Crippen MR) is 59.9 cm³/mol. The highest BCUT2D eigenvalue weighted by atomic mass is 35.6. The predicted octanol–water partition coefficient (Wildman–Crippen LogP) is 3.65. The van der Waals surface area contributed by atoms with Crippen LogP contribution in [0.25, 0.3) is 0 Å². The lowest BCUT2D eigenvalue weighted by atomic mass is 10.2. The molecule has 0 radical (unpaired) electrons. The van der Waals surface area contributed by atoms with Crippen molar-refractivity contribution in [2.45, 2.75) is 30.0 Å². The van der Waals surface area contributed by atoms with Gasteiger partial charge >= 0.3 is 5.97 Å². The molecule has 2 nitrogen and oxygen atoms in total. The molecule has 0 aromatic carbocycles. The van der Waals surface area contributed by atoms with Gasteiger partial charge in [0.1, 0.15) is 0 Å². The Morgan fingerprint density at radius 1 is 1.43 bits per heavy atom. The van der Waals surface area contributed by atoms with Gasteiger partial charge < -0.3 is 4.74 Å². The maximum Gasteiger partial charge on any atom is 0.333 e. The van der Waals surface area contributed by atoms with Crippen LogP contribution in [0.2, 0.25) is 0 Å². The Labute approximate surface area is 99.2 Å². The molecule has 0 saturated heterocycles. The van der Waals surface area contributed by atoms with E-state index in [9.17, 15) is 4.79 Å². The van der Waals surface area contributed by atoms with Gasteiger partial charge in [0.2, 0.25) is 0 Å². The quantitative estimate of drug-likeness (QED) is 0.326. The van der Waals surface area contributed by atoms with Gasteiger partial charge in [-0.1, -0.05) is 54.7 Å². The van der Waals surface area contributed by atoms with Crippen LogP contribution in [0.5, 0.6) is 0 Å². The van der Waals surface area contributed by atoms with E-state index in [4.69, 9.17) is 39.5 Å². The highest BCUT2D eigenvalue weighted by molar-refractivity contribution is 6.67. The van der Waals surface area contributed by atoms with Gasteiger partial charge in [0.05, 0.1) is 6.61 Å². The summed E-state index contributed by atoms with van der Waals surface area (Å²) in [5.74, 6) is -0.496. The third-order valence-corrected chi connectivity index (χ3v) is 1.83. The smallest absolute Gasteiger partial charge is 0.333 e. The highest BCUT2D eigenvalue weighted by Gasteiger charge is 2.24. The molecule has 0 spiro atoms. The largest absolute Gasteiger partial charge is 0.462 e. The van der Waals surface area contributed by atoms with Crippen molar-refractivity contribution >= 4 is 40.8 Å². The lowest BCUT2D eigenvalue weighted by Gasteiger charge is -2.12. The van der Waals surface area contributed by atoms with E-state index >= 15 is 0 Å². The number of esters is 1. The number of rotatable bonds is 5. The molecule has 0 aromatic rings. The molecule has 0 aliphatic rings. The van der Waals surface area contributed by atoms with Crippen LogP contribution in [0.15, 0.2) is 12.2 Å². The molecule has 0 saturated carbocycles. The summed E-state index contributed by atoms with van der Waals surface area (Å²) in [5.41, 5.74) is 0.182. The fourth-order valence-corrected chi connectivity index (χ4v) is 1.21. The molecule has 0 fully saturated rings. The van der Waals surface area contributed by atoms with Crippen molar-refractivity contribution in [1.29, 1.82) is 0 Å². The molecule has 0 aromatic heterocycles. The van der Waals surface area contributed by atoms with E-state index in [2.05, 4.69) is 6.58 Å². The summed E-state index contributed by atoms with van der Waals surface area (Å²) in [6, 6.07) is 0. The van der Waals surface area contributed by atoms with Crippen LogP contribution in [-0.2, 0) is 9.53 Å². The van der Waals surface area contributed by atoms with Crippen molar-refractivity contribution in [3.63, 3.8) is 0 Å². The van der Waals surface area contributed by atoms with Gasteiger partial charge in [-0.15, -0.1) is 0 Å². The number of ether oxygens (including phenoxy) is 1. The standard InChI is InChI=1S/C9H13Cl3O2/c1-3-4-5-14-8(13)7(2)6-9(10,11)12/h2-6H2,1H3. The molecule has 82 valence electrons. The summed E-state index contributed by atoms with van der Waals surface area (Å²) in [7, 11) is 0. The average Bonchev–Trinajstić information content (AvgIpc) is 2.01. The number of carbonyl (C=O) groups excluding carboxylic acids is 1. The van der Waals surface area contributed by atoms with E-state index < -0.39 is 9.76 Å². The summed E-state index contributed by atoms with van der Waals surface area (Å²) >= 11 is 16.5. The monoisotopic (exact) mass is 258 g/mol. The van der Waals surface area contributed by atoms with E-state index in [1.807, 2.05) is 6.92 Å². The molecule has 0 heterocycles. The van der Waals surface area contributed by atoms with Crippen LogP contribution in [0, 0.1) is 0 Å². The van der Waals surface area contributed by atoms with Gasteiger partial charge in [-0.3, -0.25) is 0 Å². The molecule has 0 N–H and O–H groups in total. The fourth-order valence-electron chi connectivity index (χ4n) is 0.725. The Hall–Kier alpha value is 0.0800. The Morgan fingerprint density at radius 2 is 2.00 bits per heavy atom. The number of unbranched alkanes of at least 4 members (excludes halogenated alkanes) is 1. The SMILES string of the molecule is C=C(CC(Cl)(Cl)Cl)C(=O)OCCCC. The second-order valence-corrected chi connectivity index (χ2v) is 5.40. The number of halogens is 3. The fraction of sp³-hybridized carbons (Fsp3) is 0.667.